The lowest BCUT2D eigenvalue weighted by atomic mass is 10.0. The molecule has 0 aromatic heterocycles. The van der Waals surface area contributed by atoms with E-state index in [4.69, 9.17) is 0 Å². The minimum atomic E-state index is -0.316. The lowest BCUT2D eigenvalue weighted by Crippen LogP contribution is -2.19. The molecule has 0 radical (unpaired) electrons. The number of amides is 1. The van der Waals surface area contributed by atoms with Crippen molar-refractivity contribution in [3.63, 3.8) is 0 Å². The number of thioether (sulfide) groups is 1. The molecule has 3 aromatic carbocycles. The number of benzene rings is 3. The van der Waals surface area contributed by atoms with E-state index in [-0.39, 0.29) is 11.7 Å². The number of hydrogen-bond acceptors (Lipinski definition) is 3. The fraction of sp³-hybridized carbons (Fsp3) is 0. The van der Waals surface area contributed by atoms with Gasteiger partial charge < -0.3 is 5.32 Å². The molecule has 1 saturated heterocycles. The van der Waals surface area contributed by atoms with Crippen LogP contribution in [0, 0.1) is 5.82 Å². The van der Waals surface area contributed by atoms with Crippen LogP contribution in [-0.4, -0.2) is 11.1 Å². The first-order chi connectivity index (χ1) is 12.2. The zero-order valence-corrected chi connectivity index (χ0v) is 13.9. The van der Waals surface area contributed by atoms with Gasteiger partial charge in [0, 0.05) is 0 Å². The normalized spacial score (nSPS) is 17.4. The van der Waals surface area contributed by atoms with E-state index in [2.05, 4.69) is 10.3 Å². The summed E-state index contributed by atoms with van der Waals surface area (Å²) in [6.07, 6.45) is 1.87. The maximum Gasteiger partial charge on any atom is 0.264 e. The number of hydrogen-bond donors (Lipinski definition) is 1. The van der Waals surface area contributed by atoms with E-state index in [0.717, 1.165) is 16.3 Å². The third kappa shape index (κ3) is 3.32. The van der Waals surface area contributed by atoms with Crippen LogP contribution in [0.1, 0.15) is 5.56 Å². The lowest BCUT2D eigenvalue weighted by Gasteiger charge is -2.02. The number of carbonyl (C=O) groups excluding carboxylic acids is 1. The molecule has 122 valence electrons. The molecule has 1 aliphatic heterocycles. The van der Waals surface area contributed by atoms with Crippen LogP contribution in [0.4, 0.5) is 10.1 Å². The molecule has 3 nitrogen and oxygen atoms in total. The summed E-state index contributed by atoms with van der Waals surface area (Å²) >= 11 is 1.28. The molecule has 1 aliphatic rings. The minimum Gasteiger partial charge on any atom is -0.300 e. The maximum atomic E-state index is 13.0. The van der Waals surface area contributed by atoms with Crippen molar-refractivity contribution in [2.75, 3.05) is 0 Å². The first-order valence-corrected chi connectivity index (χ1v) is 8.54. The average molecular weight is 348 g/mol. The van der Waals surface area contributed by atoms with Gasteiger partial charge >= 0.3 is 0 Å². The second-order valence-corrected chi connectivity index (χ2v) is 6.56. The van der Waals surface area contributed by atoms with Crippen LogP contribution in [0.25, 0.3) is 16.8 Å². The summed E-state index contributed by atoms with van der Waals surface area (Å²) in [6.45, 7) is 0. The highest BCUT2D eigenvalue weighted by Gasteiger charge is 2.24. The number of amidine groups is 1. The summed E-state index contributed by atoms with van der Waals surface area (Å²) in [4.78, 5) is 17.2. The third-order valence-electron chi connectivity index (χ3n) is 3.82. The summed E-state index contributed by atoms with van der Waals surface area (Å²) in [5.41, 5.74) is 1.58. The summed E-state index contributed by atoms with van der Waals surface area (Å²) in [6, 6.07) is 19.9. The van der Waals surface area contributed by atoms with Crippen molar-refractivity contribution in [2.24, 2.45) is 4.99 Å². The van der Waals surface area contributed by atoms with Gasteiger partial charge in [0.05, 0.1) is 10.6 Å². The predicted octanol–water partition coefficient (Wildman–Crippen LogP) is 4.87. The second kappa shape index (κ2) is 6.53. The molecule has 0 aliphatic carbocycles. The minimum absolute atomic E-state index is 0.182. The maximum absolute atomic E-state index is 13.0. The highest BCUT2D eigenvalue weighted by atomic mass is 32.2. The van der Waals surface area contributed by atoms with Gasteiger partial charge in [0.25, 0.3) is 5.91 Å². The summed E-state index contributed by atoms with van der Waals surface area (Å²) in [7, 11) is 0. The molecule has 4 rings (SSSR count). The van der Waals surface area contributed by atoms with Crippen molar-refractivity contribution in [3.8, 4) is 0 Å². The lowest BCUT2D eigenvalue weighted by molar-refractivity contribution is -0.115. The zero-order chi connectivity index (χ0) is 17.2. The van der Waals surface area contributed by atoms with Crippen molar-refractivity contribution >= 4 is 45.4 Å². The smallest absolute Gasteiger partial charge is 0.264 e. The highest BCUT2D eigenvalue weighted by Crippen LogP contribution is 2.30. The number of carbonyl (C=O) groups is 1. The summed E-state index contributed by atoms with van der Waals surface area (Å²) in [5.74, 6) is -0.498. The molecule has 5 heteroatoms. The van der Waals surface area contributed by atoms with Crippen molar-refractivity contribution in [1.82, 2.24) is 5.32 Å². The largest absolute Gasteiger partial charge is 0.300 e. The van der Waals surface area contributed by atoms with Crippen LogP contribution in [0.2, 0.25) is 0 Å². The van der Waals surface area contributed by atoms with Crippen molar-refractivity contribution < 1.29 is 9.18 Å². The number of nitrogens with one attached hydrogen (secondary N) is 1. The van der Waals surface area contributed by atoms with Crippen LogP contribution < -0.4 is 5.32 Å². The van der Waals surface area contributed by atoms with Gasteiger partial charge in [-0.05, 0) is 58.4 Å². The van der Waals surface area contributed by atoms with E-state index in [1.54, 1.807) is 12.1 Å². The zero-order valence-electron chi connectivity index (χ0n) is 13.1. The number of aliphatic imine (C=N–C) groups is 1. The van der Waals surface area contributed by atoms with E-state index < -0.39 is 0 Å². The Balaban J connectivity index is 1.66. The molecule has 1 heterocycles. The van der Waals surface area contributed by atoms with Crippen molar-refractivity contribution in [3.05, 3.63) is 83.0 Å². The Morgan fingerprint density at radius 3 is 2.56 bits per heavy atom. The Kier molecular flexibility index (Phi) is 4.07. The summed E-state index contributed by atoms with van der Waals surface area (Å²) < 4.78 is 13.0. The SMILES string of the molecule is O=C1NC(=Nc2ccc(F)cc2)SC1=Cc1cccc2ccccc12. The summed E-state index contributed by atoms with van der Waals surface area (Å²) in [5, 5.41) is 5.45. The molecular formula is C20H13FN2OS. The first-order valence-electron chi connectivity index (χ1n) is 7.72. The van der Waals surface area contributed by atoms with Gasteiger partial charge in [-0.2, -0.15) is 0 Å². The van der Waals surface area contributed by atoms with Crippen molar-refractivity contribution in [2.45, 2.75) is 0 Å². The third-order valence-corrected chi connectivity index (χ3v) is 4.73. The van der Waals surface area contributed by atoms with E-state index in [0.29, 0.717) is 15.8 Å². The standard InChI is InChI=1S/C20H13FN2OS/c21-15-8-10-16(11-9-15)22-20-23-19(24)18(25-20)12-14-6-3-5-13-4-1-2-7-17(13)14/h1-12H,(H,22,23,24). The Hall–Kier alpha value is -2.92. The number of fused-ring (bicyclic) bond motifs is 1. The van der Waals surface area contributed by atoms with Crippen LogP contribution in [-0.2, 0) is 4.79 Å². The first kappa shape index (κ1) is 15.6. The second-order valence-electron chi connectivity index (χ2n) is 5.53. The molecule has 1 fully saturated rings. The number of rotatable bonds is 2. The molecule has 0 saturated carbocycles. The van der Waals surface area contributed by atoms with Crippen LogP contribution in [0.5, 0.6) is 0 Å². The molecule has 25 heavy (non-hydrogen) atoms. The fourth-order valence-electron chi connectivity index (χ4n) is 2.63. The molecular weight excluding hydrogens is 335 g/mol. The molecule has 3 aromatic rings. The fourth-order valence-corrected chi connectivity index (χ4v) is 3.46. The molecule has 0 unspecified atom stereocenters. The van der Waals surface area contributed by atoms with Crippen LogP contribution in [0.15, 0.2) is 76.6 Å². The van der Waals surface area contributed by atoms with Crippen LogP contribution in [0.3, 0.4) is 0 Å². The van der Waals surface area contributed by atoms with Gasteiger partial charge in [-0.25, -0.2) is 9.38 Å². The van der Waals surface area contributed by atoms with Gasteiger partial charge in [-0.15, -0.1) is 0 Å². The van der Waals surface area contributed by atoms with E-state index in [1.165, 1.54) is 23.9 Å². The Bertz CT molecular complexity index is 1020. The van der Waals surface area contributed by atoms with E-state index in [9.17, 15) is 9.18 Å². The number of nitrogens with zero attached hydrogens (tertiary/aromatic N) is 1. The van der Waals surface area contributed by atoms with Gasteiger partial charge in [-0.3, -0.25) is 4.79 Å². The average Bonchev–Trinajstić information content (AvgIpc) is 2.96. The monoisotopic (exact) mass is 348 g/mol. The van der Waals surface area contributed by atoms with Gasteiger partial charge in [0.15, 0.2) is 5.17 Å². The van der Waals surface area contributed by atoms with Gasteiger partial charge in [-0.1, -0.05) is 42.5 Å². The molecule has 1 amide bonds. The van der Waals surface area contributed by atoms with Gasteiger partial charge in [0.1, 0.15) is 5.82 Å². The number of halogens is 1. The predicted molar refractivity (Wildman–Crippen MR) is 101 cm³/mol. The van der Waals surface area contributed by atoms with Gasteiger partial charge in [0.2, 0.25) is 0 Å². The Morgan fingerprint density at radius 2 is 1.72 bits per heavy atom. The van der Waals surface area contributed by atoms with Crippen LogP contribution >= 0.6 is 11.8 Å². The molecule has 0 atom stereocenters. The molecule has 0 bridgehead atoms. The van der Waals surface area contributed by atoms with Crippen molar-refractivity contribution in [1.29, 1.82) is 0 Å². The topological polar surface area (TPSA) is 41.5 Å². The Labute approximate surface area is 148 Å². The molecule has 0 spiro atoms. The molecule has 1 N–H and O–H groups in total. The highest BCUT2D eigenvalue weighted by molar-refractivity contribution is 8.18. The van der Waals surface area contributed by atoms with E-state index in [1.807, 2.05) is 48.5 Å². The Morgan fingerprint density at radius 1 is 0.960 bits per heavy atom. The van der Waals surface area contributed by atoms with E-state index >= 15 is 0 Å². The quantitative estimate of drug-likeness (QED) is 0.671.